The molecule has 0 saturated heterocycles. The van der Waals surface area contributed by atoms with Gasteiger partial charge in [-0.2, -0.15) is 0 Å². The molecule has 0 saturated carbocycles. The van der Waals surface area contributed by atoms with E-state index in [9.17, 15) is 19.0 Å². The van der Waals surface area contributed by atoms with Crippen LogP contribution in [0.25, 0.3) is 0 Å². The van der Waals surface area contributed by atoms with Crippen molar-refractivity contribution >= 4 is 27.1 Å². The first-order valence-electron chi connectivity index (χ1n) is 6.93. The summed E-state index contributed by atoms with van der Waals surface area (Å²) in [5.74, 6) is -1.42. The van der Waals surface area contributed by atoms with E-state index in [1.807, 2.05) is 0 Å². The first kappa shape index (κ1) is 23.0. The maximum Gasteiger partial charge on any atom is 0.326 e. The van der Waals surface area contributed by atoms with Gasteiger partial charge in [0.2, 0.25) is 0 Å². The van der Waals surface area contributed by atoms with Crippen molar-refractivity contribution in [2.75, 3.05) is 32.0 Å². The molecular weight excluding hydrogens is 366 g/mol. The van der Waals surface area contributed by atoms with Gasteiger partial charge in [-0.15, -0.1) is 0 Å². The van der Waals surface area contributed by atoms with E-state index in [-0.39, 0.29) is 38.4 Å². The second-order valence-corrected chi connectivity index (χ2v) is 8.67. The molecule has 0 aromatic heterocycles. The Balaban J connectivity index is 4.97. The van der Waals surface area contributed by atoms with Crippen LogP contribution < -0.4 is 11.5 Å². The van der Waals surface area contributed by atoms with Crippen molar-refractivity contribution in [3.63, 3.8) is 0 Å². The summed E-state index contributed by atoms with van der Waals surface area (Å²) in [6.45, 7) is -0.468. The van der Waals surface area contributed by atoms with E-state index in [4.69, 9.17) is 31.0 Å². The third-order valence-electron chi connectivity index (χ3n) is 3.01. The summed E-state index contributed by atoms with van der Waals surface area (Å²) in [4.78, 5) is 51.9. The van der Waals surface area contributed by atoms with E-state index in [0.717, 1.165) is 4.90 Å². The fraction of sp³-hybridized carbons (Fsp3) is 0.800. The van der Waals surface area contributed by atoms with Crippen LogP contribution in [-0.4, -0.2) is 79.5 Å². The zero-order chi connectivity index (χ0) is 19.0. The van der Waals surface area contributed by atoms with E-state index < -0.39 is 39.5 Å². The Morgan fingerprint density at radius 1 is 1.04 bits per heavy atom. The lowest BCUT2D eigenvalue weighted by Gasteiger charge is -2.29. The highest BCUT2D eigenvalue weighted by molar-refractivity contribution is 7.52. The van der Waals surface area contributed by atoms with Crippen molar-refractivity contribution in [1.29, 1.82) is 0 Å². The largest absolute Gasteiger partial charge is 0.480 e. The van der Waals surface area contributed by atoms with Crippen LogP contribution >= 0.6 is 15.2 Å². The van der Waals surface area contributed by atoms with Crippen molar-refractivity contribution in [2.24, 2.45) is 16.5 Å². The minimum Gasteiger partial charge on any atom is -0.480 e. The van der Waals surface area contributed by atoms with Crippen molar-refractivity contribution < 1.29 is 38.6 Å². The van der Waals surface area contributed by atoms with Gasteiger partial charge < -0.3 is 36.1 Å². The highest BCUT2D eigenvalue weighted by Gasteiger charge is 2.29. The van der Waals surface area contributed by atoms with Crippen LogP contribution in [0.4, 0.5) is 0 Å². The topological polar surface area (TPSA) is 220 Å². The zero-order valence-corrected chi connectivity index (χ0v) is 14.7. The summed E-state index contributed by atoms with van der Waals surface area (Å²) in [6.07, 6.45) is -0.913. The molecule has 0 heterocycles. The molecule has 0 aromatic carbocycles. The standard InChI is InChI=1S/C10H24N4O8P2/c11-10(12)13-3-1-2-8(9(15)16)14(4-6-23(17,18)19)5-7-24(20,21)22/h8H,1-7H2,(H,15,16)(H4,11,12,13)(H2,17,18,19)(H2,20,21,22). The van der Waals surface area contributed by atoms with E-state index in [2.05, 4.69) is 4.99 Å². The van der Waals surface area contributed by atoms with E-state index in [0.29, 0.717) is 0 Å². The molecule has 142 valence electrons. The molecule has 0 fully saturated rings. The second kappa shape index (κ2) is 10.1. The van der Waals surface area contributed by atoms with Gasteiger partial charge >= 0.3 is 21.2 Å². The third-order valence-corrected chi connectivity index (χ3v) is 4.58. The Hall–Kier alpha value is -1.00. The first-order valence-corrected chi connectivity index (χ1v) is 10.5. The smallest absolute Gasteiger partial charge is 0.326 e. The van der Waals surface area contributed by atoms with Crippen LogP contribution in [0.3, 0.4) is 0 Å². The minimum atomic E-state index is -4.38. The molecule has 9 N–H and O–H groups in total. The van der Waals surface area contributed by atoms with E-state index in [1.165, 1.54) is 0 Å². The van der Waals surface area contributed by atoms with E-state index in [1.54, 1.807) is 0 Å². The lowest BCUT2D eigenvalue weighted by Crippen LogP contribution is -2.44. The number of aliphatic imine (C=N–C) groups is 1. The predicted octanol–water partition coefficient (Wildman–Crippen LogP) is -1.85. The first-order chi connectivity index (χ1) is 10.8. The number of guanidine groups is 1. The predicted molar refractivity (Wildman–Crippen MR) is 86.7 cm³/mol. The molecule has 0 rings (SSSR count). The number of carboxylic acids is 1. The number of hydrogen-bond acceptors (Lipinski definition) is 5. The fourth-order valence-corrected chi connectivity index (χ4v) is 2.93. The molecule has 0 spiro atoms. The zero-order valence-electron chi connectivity index (χ0n) is 12.9. The average molecular weight is 390 g/mol. The maximum absolute atomic E-state index is 11.4. The molecule has 24 heavy (non-hydrogen) atoms. The van der Waals surface area contributed by atoms with Gasteiger partial charge in [0.15, 0.2) is 5.96 Å². The van der Waals surface area contributed by atoms with Crippen LogP contribution in [0.15, 0.2) is 4.99 Å². The number of aliphatic carboxylic acids is 1. The van der Waals surface area contributed by atoms with Crippen LogP contribution in [0.1, 0.15) is 12.8 Å². The van der Waals surface area contributed by atoms with Crippen molar-refractivity contribution in [2.45, 2.75) is 18.9 Å². The molecule has 0 amide bonds. The van der Waals surface area contributed by atoms with Gasteiger partial charge in [-0.1, -0.05) is 0 Å². The highest BCUT2D eigenvalue weighted by Crippen LogP contribution is 2.36. The van der Waals surface area contributed by atoms with E-state index >= 15 is 0 Å². The molecule has 14 heteroatoms. The molecule has 0 aromatic rings. The van der Waals surface area contributed by atoms with Gasteiger partial charge in [-0.3, -0.25) is 23.8 Å². The summed E-state index contributed by atoms with van der Waals surface area (Å²) < 4.78 is 22.0. The Kier molecular flexibility index (Phi) is 9.68. The molecule has 1 unspecified atom stereocenters. The minimum absolute atomic E-state index is 0.0500. The molecule has 0 bridgehead atoms. The Morgan fingerprint density at radius 3 is 1.83 bits per heavy atom. The monoisotopic (exact) mass is 390 g/mol. The molecular formula is C10H24N4O8P2. The Morgan fingerprint density at radius 2 is 1.50 bits per heavy atom. The lowest BCUT2D eigenvalue weighted by molar-refractivity contribution is -0.143. The van der Waals surface area contributed by atoms with Gasteiger partial charge in [-0.05, 0) is 12.8 Å². The molecule has 0 aliphatic carbocycles. The van der Waals surface area contributed by atoms with Crippen molar-refractivity contribution in [1.82, 2.24) is 4.90 Å². The van der Waals surface area contributed by atoms with Crippen molar-refractivity contribution in [3.8, 4) is 0 Å². The van der Waals surface area contributed by atoms with Gasteiger partial charge in [-0.25, -0.2) is 0 Å². The lowest BCUT2D eigenvalue weighted by atomic mass is 10.1. The number of hydrogen-bond donors (Lipinski definition) is 7. The van der Waals surface area contributed by atoms with Crippen LogP contribution in [0.2, 0.25) is 0 Å². The SMILES string of the molecule is NC(N)=NCCCC(C(=O)O)N(CCP(=O)(O)O)CCP(=O)(O)O. The van der Waals surface area contributed by atoms with Gasteiger partial charge in [0.25, 0.3) is 0 Å². The molecule has 1 atom stereocenters. The molecule has 0 aliphatic rings. The summed E-state index contributed by atoms with van der Waals surface area (Å²) >= 11 is 0. The van der Waals surface area contributed by atoms with Gasteiger partial charge in [0.1, 0.15) is 6.04 Å². The number of carboxylic acid groups (broad SMARTS) is 1. The molecule has 12 nitrogen and oxygen atoms in total. The highest BCUT2D eigenvalue weighted by atomic mass is 31.2. The normalized spacial score (nSPS) is 13.7. The maximum atomic E-state index is 11.4. The molecule has 0 aliphatic heterocycles. The summed E-state index contributed by atoms with van der Waals surface area (Å²) in [5.41, 5.74) is 10.3. The second-order valence-electron chi connectivity index (χ2n) is 5.12. The van der Waals surface area contributed by atoms with Crippen LogP contribution in [0, 0.1) is 0 Å². The van der Waals surface area contributed by atoms with Gasteiger partial charge in [0.05, 0.1) is 12.3 Å². The summed E-state index contributed by atoms with van der Waals surface area (Å²) in [5, 5.41) is 9.30. The number of nitrogens with two attached hydrogens (primary N) is 2. The summed E-state index contributed by atoms with van der Waals surface area (Å²) in [6, 6.07) is -1.17. The van der Waals surface area contributed by atoms with Crippen LogP contribution in [-0.2, 0) is 13.9 Å². The quantitative estimate of drug-likeness (QED) is 0.0848. The number of carbonyl (C=O) groups is 1. The van der Waals surface area contributed by atoms with Crippen molar-refractivity contribution in [3.05, 3.63) is 0 Å². The Bertz CT molecular complexity index is 501. The number of nitrogens with zero attached hydrogens (tertiary/aromatic N) is 2. The molecule has 0 radical (unpaired) electrons. The van der Waals surface area contributed by atoms with Crippen LogP contribution in [0.5, 0.6) is 0 Å². The van der Waals surface area contributed by atoms with Gasteiger partial charge in [0, 0.05) is 19.6 Å². The Labute approximate surface area is 138 Å². The third kappa shape index (κ3) is 12.4. The fourth-order valence-electron chi connectivity index (χ4n) is 1.90. The summed E-state index contributed by atoms with van der Waals surface area (Å²) in [7, 11) is -8.76. The number of rotatable bonds is 12. The average Bonchev–Trinajstić information content (AvgIpc) is 2.37.